The Kier molecular flexibility index (Phi) is 18.1. The molecule has 7 atom stereocenters. The highest BCUT2D eigenvalue weighted by Gasteiger charge is 2.39. The molecule has 0 spiro atoms. The monoisotopic (exact) mass is 789 g/mol. The number of carboxylic acid groups (broad SMARTS) is 1. The molecule has 0 bridgehead atoms. The Labute approximate surface area is 328 Å². The third kappa shape index (κ3) is 13.6. The number of esters is 1. The Morgan fingerprint density at radius 2 is 1.76 bits per heavy atom. The largest absolute Gasteiger partial charge is 0.481 e. The molecule has 3 rings (SSSR count). The molecule has 306 valence electrons. The van der Waals surface area contributed by atoms with Crippen LogP contribution in [0.1, 0.15) is 107 Å². The molecule has 2 heterocycles. The van der Waals surface area contributed by atoms with E-state index in [-0.39, 0.29) is 67.8 Å². The number of thiazole rings is 1. The Balaban J connectivity index is 1.90. The second kappa shape index (κ2) is 22.0. The van der Waals surface area contributed by atoms with Crippen molar-refractivity contribution in [2.45, 2.75) is 117 Å². The zero-order chi connectivity index (χ0) is 40.8. The maximum atomic E-state index is 14.6. The number of hydrogen-bond acceptors (Lipinski definition) is 10. The van der Waals surface area contributed by atoms with Crippen molar-refractivity contribution < 1.29 is 42.9 Å². The minimum Gasteiger partial charge on any atom is -0.481 e. The molecule has 0 saturated carbocycles. The Hall–Kier alpha value is -3.95. The van der Waals surface area contributed by atoms with Crippen LogP contribution < -0.4 is 10.6 Å². The first-order chi connectivity index (χ1) is 26.1. The van der Waals surface area contributed by atoms with Crippen LogP contribution in [0.15, 0.2) is 29.6 Å². The van der Waals surface area contributed by atoms with E-state index < -0.39 is 53.8 Å². The van der Waals surface area contributed by atoms with Crippen molar-refractivity contribution >= 4 is 41.0 Å². The number of likely N-dealkylation sites (N-methyl/N-ethyl adjacent to an activating group) is 1. The van der Waals surface area contributed by atoms with Gasteiger partial charge in [0.05, 0.1) is 18.6 Å². The van der Waals surface area contributed by atoms with E-state index in [4.69, 9.17) is 9.47 Å². The van der Waals surface area contributed by atoms with Gasteiger partial charge >= 0.3 is 11.9 Å². The normalized spacial score (nSPS) is 18.0. The summed E-state index contributed by atoms with van der Waals surface area (Å²) in [7, 11) is 3.48. The van der Waals surface area contributed by atoms with Gasteiger partial charge in [0.15, 0.2) is 6.10 Å². The number of rotatable bonds is 21. The highest BCUT2D eigenvalue weighted by Crippen LogP contribution is 2.32. The highest BCUT2D eigenvalue weighted by atomic mass is 32.1. The van der Waals surface area contributed by atoms with Crippen LogP contribution in [0, 0.1) is 23.6 Å². The quantitative estimate of drug-likeness (QED) is 0.142. The molecule has 55 heavy (non-hydrogen) atoms. The number of carbonyl (C=O) groups excluding carboxylic acids is 4. The number of amides is 3. The third-order valence-corrected chi connectivity index (χ3v) is 11.4. The summed E-state index contributed by atoms with van der Waals surface area (Å²) < 4.78 is 24.8. The molecule has 1 aliphatic heterocycles. The number of carbonyl (C=O) groups is 5. The number of piperidine rings is 1. The molecule has 2 aromatic rings. The lowest BCUT2D eigenvalue weighted by Gasteiger charge is -2.40. The van der Waals surface area contributed by atoms with E-state index in [9.17, 15) is 33.5 Å². The lowest BCUT2D eigenvalue weighted by atomic mass is 9.92. The SMILES string of the molecule is CC[C@H](C)[C@H](NC(=O)[C@H]1CCCCN1C)C(=O)N(CCOC)[C@H](C[C@@H](OC(C)=O)c1nc(C(=O)N[C@@H](Cc2ccc(F)cc2)C[C@H](C)C(=O)O)cs1)C(C)C. The topological polar surface area (TPSA) is 167 Å². The fraction of sp³-hybridized carbons (Fsp3) is 0.650. The molecule has 3 N–H and O–H groups in total. The molecular weight excluding hydrogens is 730 g/mol. The van der Waals surface area contributed by atoms with E-state index in [1.54, 1.807) is 36.4 Å². The molecule has 1 aliphatic rings. The number of hydrogen-bond donors (Lipinski definition) is 3. The van der Waals surface area contributed by atoms with E-state index in [1.807, 2.05) is 39.6 Å². The number of likely N-dealkylation sites (tertiary alicyclic amines) is 1. The minimum atomic E-state index is -1.01. The molecule has 0 unspecified atom stereocenters. The molecular formula is C40H60FN5O8S. The number of ether oxygens (including phenoxy) is 2. The zero-order valence-electron chi connectivity index (χ0n) is 33.5. The summed E-state index contributed by atoms with van der Waals surface area (Å²) in [6.45, 7) is 12.0. The van der Waals surface area contributed by atoms with E-state index in [1.165, 1.54) is 19.1 Å². The number of benzene rings is 1. The molecule has 1 aromatic heterocycles. The van der Waals surface area contributed by atoms with Crippen LogP contribution in [0.4, 0.5) is 4.39 Å². The number of methoxy groups -OCH3 is 1. The van der Waals surface area contributed by atoms with Crippen LogP contribution in [-0.4, -0.2) is 108 Å². The summed E-state index contributed by atoms with van der Waals surface area (Å²) in [5, 5.41) is 17.5. The zero-order valence-corrected chi connectivity index (χ0v) is 34.3. The van der Waals surface area contributed by atoms with Crippen molar-refractivity contribution in [3.8, 4) is 0 Å². The average Bonchev–Trinajstić information content (AvgIpc) is 3.64. The maximum absolute atomic E-state index is 14.6. The van der Waals surface area contributed by atoms with Crippen LogP contribution in [0.3, 0.4) is 0 Å². The summed E-state index contributed by atoms with van der Waals surface area (Å²) in [5.74, 6) is -3.99. The molecule has 0 radical (unpaired) electrons. The molecule has 1 fully saturated rings. The van der Waals surface area contributed by atoms with E-state index in [0.29, 0.717) is 11.4 Å². The number of carboxylic acids is 1. The van der Waals surface area contributed by atoms with Crippen LogP contribution in [0.25, 0.3) is 0 Å². The molecule has 1 aromatic carbocycles. The van der Waals surface area contributed by atoms with Crippen molar-refractivity contribution in [3.63, 3.8) is 0 Å². The molecule has 15 heteroatoms. The van der Waals surface area contributed by atoms with E-state index >= 15 is 0 Å². The van der Waals surface area contributed by atoms with Crippen LogP contribution in [0.2, 0.25) is 0 Å². The van der Waals surface area contributed by atoms with Gasteiger partial charge in [-0.15, -0.1) is 11.3 Å². The van der Waals surface area contributed by atoms with Gasteiger partial charge in [-0.2, -0.15) is 0 Å². The van der Waals surface area contributed by atoms with Gasteiger partial charge < -0.3 is 30.1 Å². The van der Waals surface area contributed by atoms with Crippen molar-refractivity contribution in [1.82, 2.24) is 25.4 Å². The first kappa shape index (κ1) is 45.4. The maximum Gasteiger partial charge on any atom is 0.306 e. The summed E-state index contributed by atoms with van der Waals surface area (Å²) in [6, 6.07) is 3.61. The number of nitrogens with one attached hydrogen (secondary N) is 2. The predicted octanol–water partition coefficient (Wildman–Crippen LogP) is 5.24. The van der Waals surface area contributed by atoms with Crippen LogP contribution >= 0.6 is 11.3 Å². The summed E-state index contributed by atoms with van der Waals surface area (Å²) >= 11 is 1.14. The van der Waals surface area contributed by atoms with Gasteiger partial charge in [0, 0.05) is 44.5 Å². The fourth-order valence-corrected chi connectivity index (χ4v) is 7.79. The van der Waals surface area contributed by atoms with Gasteiger partial charge in [0.25, 0.3) is 5.91 Å². The number of aliphatic carboxylic acids is 1. The van der Waals surface area contributed by atoms with Crippen LogP contribution in [-0.2, 0) is 35.1 Å². The smallest absolute Gasteiger partial charge is 0.306 e. The van der Waals surface area contributed by atoms with Crippen molar-refractivity contribution in [2.24, 2.45) is 17.8 Å². The summed E-state index contributed by atoms with van der Waals surface area (Å²) in [4.78, 5) is 74.3. The van der Waals surface area contributed by atoms with E-state index in [2.05, 4.69) is 15.6 Å². The molecule has 1 saturated heterocycles. The van der Waals surface area contributed by atoms with Gasteiger partial charge in [-0.05, 0) is 68.8 Å². The predicted molar refractivity (Wildman–Crippen MR) is 208 cm³/mol. The third-order valence-electron chi connectivity index (χ3n) is 10.4. The van der Waals surface area contributed by atoms with E-state index in [0.717, 1.165) is 42.7 Å². The minimum absolute atomic E-state index is 0.0601. The summed E-state index contributed by atoms with van der Waals surface area (Å²) in [5.41, 5.74) is 0.784. The highest BCUT2D eigenvalue weighted by molar-refractivity contribution is 7.09. The lowest BCUT2D eigenvalue weighted by molar-refractivity contribution is -0.150. The summed E-state index contributed by atoms with van der Waals surface area (Å²) in [6.07, 6.45) is 2.99. The average molecular weight is 790 g/mol. The van der Waals surface area contributed by atoms with Crippen molar-refractivity contribution in [2.75, 3.05) is 33.9 Å². The standard InChI is InChI=1S/C40H60FN5O8S/c1-9-25(4)35(44-37(49)32-12-10-11-17-45(32)7)39(50)46(18-19-53-8)33(24(2)3)22-34(54-27(6)47)38-43-31(23-55-38)36(48)42-30(20-26(5)40(51)52)21-28-13-15-29(41)16-14-28/h13-16,23-26,30,32-35H,9-12,17-22H2,1-8H3,(H,42,48)(H,44,49)(H,51,52)/t25-,26-,30+,32+,33+,34+,35-/m0/s1. The molecule has 13 nitrogen and oxygen atoms in total. The Bertz CT molecular complexity index is 1570. The van der Waals surface area contributed by atoms with Gasteiger partial charge in [-0.25, -0.2) is 9.37 Å². The van der Waals surface area contributed by atoms with Crippen LogP contribution in [0.5, 0.6) is 0 Å². The lowest BCUT2D eigenvalue weighted by Crippen LogP contribution is -2.59. The first-order valence-corrected chi connectivity index (χ1v) is 20.1. The fourth-order valence-electron chi connectivity index (χ4n) is 6.95. The number of halogens is 1. The number of aromatic nitrogens is 1. The second-order valence-corrected chi connectivity index (χ2v) is 16.0. The first-order valence-electron chi connectivity index (χ1n) is 19.3. The van der Waals surface area contributed by atoms with Crippen molar-refractivity contribution in [3.05, 3.63) is 51.7 Å². The van der Waals surface area contributed by atoms with Crippen molar-refractivity contribution in [1.29, 1.82) is 0 Å². The Morgan fingerprint density at radius 3 is 2.35 bits per heavy atom. The van der Waals surface area contributed by atoms with Gasteiger partial charge in [-0.1, -0.05) is 59.6 Å². The van der Waals surface area contributed by atoms with Gasteiger partial charge in [0.1, 0.15) is 22.6 Å². The van der Waals surface area contributed by atoms with Gasteiger partial charge in [0.2, 0.25) is 11.8 Å². The number of nitrogens with zero attached hydrogens (tertiary/aromatic N) is 3. The Morgan fingerprint density at radius 1 is 1.07 bits per heavy atom. The molecule has 3 amide bonds. The molecule has 0 aliphatic carbocycles. The second-order valence-electron chi connectivity index (χ2n) is 15.1. The van der Waals surface area contributed by atoms with Gasteiger partial charge in [-0.3, -0.25) is 28.9 Å².